The van der Waals surface area contributed by atoms with Crippen molar-refractivity contribution >= 4 is 50.0 Å². The lowest BCUT2D eigenvalue weighted by Gasteiger charge is -2.12. The summed E-state index contributed by atoms with van der Waals surface area (Å²) in [5, 5.41) is 11.3. The second-order valence-corrected chi connectivity index (χ2v) is 9.03. The van der Waals surface area contributed by atoms with E-state index >= 15 is 0 Å². The molecule has 0 aliphatic carbocycles. The van der Waals surface area contributed by atoms with Crippen LogP contribution in [0.15, 0.2) is 81.4 Å². The Balaban J connectivity index is 1.73. The number of nitrogens with zero attached hydrogens (tertiary/aromatic N) is 1. The van der Waals surface area contributed by atoms with Gasteiger partial charge in [-0.2, -0.15) is 0 Å². The number of rotatable bonds is 6. The fourth-order valence-electron chi connectivity index (χ4n) is 3.24. The van der Waals surface area contributed by atoms with Crippen LogP contribution < -0.4 is 15.0 Å². The second kappa shape index (κ2) is 8.97. The van der Waals surface area contributed by atoms with Gasteiger partial charge in [0.05, 0.1) is 34.0 Å². The first kappa shape index (κ1) is 22.4. The van der Waals surface area contributed by atoms with Crippen molar-refractivity contribution in [3.63, 3.8) is 0 Å². The number of aliphatic imine (C=N–C) groups is 1. The van der Waals surface area contributed by atoms with Crippen LogP contribution in [0.2, 0.25) is 5.02 Å². The van der Waals surface area contributed by atoms with Crippen LogP contribution in [-0.2, 0) is 10.0 Å². The molecule has 0 saturated heterocycles. The molecule has 8 nitrogen and oxygen atoms in total. The zero-order valence-electron chi connectivity index (χ0n) is 17.2. The summed E-state index contributed by atoms with van der Waals surface area (Å²) >= 11 is 6.23. The van der Waals surface area contributed by atoms with Crippen molar-refractivity contribution < 1.29 is 18.3 Å². The van der Waals surface area contributed by atoms with Gasteiger partial charge in [0.25, 0.3) is 15.6 Å². The number of hydrogen-bond acceptors (Lipinski definition) is 6. The van der Waals surface area contributed by atoms with Crippen LogP contribution in [0.5, 0.6) is 11.6 Å². The molecule has 3 N–H and O–H groups in total. The number of aromatic amines is 1. The first-order valence-electron chi connectivity index (χ1n) is 9.63. The Labute approximate surface area is 194 Å². The lowest BCUT2D eigenvalue weighted by Crippen LogP contribution is -2.13. The molecule has 4 aromatic rings. The summed E-state index contributed by atoms with van der Waals surface area (Å²) in [6, 6.07) is 17.4. The number of aromatic hydroxyl groups is 1. The van der Waals surface area contributed by atoms with Crippen LogP contribution in [0.4, 0.5) is 11.4 Å². The fraction of sp³-hybridized carbons (Fsp3) is 0.0435. The maximum Gasteiger partial charge on any atom is 0.262 e. The van der Waals surface area contributed by atoms with Gasteiger partial charge in [0.1, 0.15) is 5.75 Å². The smallest absolute Gasteiger partial charge is 0.262 e. The minimum absolute atomic E-state index is 0.0690. The Morgan fingerprint density at radius 3 is 2.52 bits per heavy atom. The normalized spacial score (nSPS) is 11.7. The van der Waals surface area contributed by atoms with E-state index in [1.165, 1.54) is 31.5 Å². The number of aromatic nitrogens is 1. The van der Waals surface area contributed by atoms with Gasteiger partial charge < -0.3 is 9.84 Å². The molecule has 33 heavy (non-hydrogen) atoms. The molecular weight excluding hydrogens is 466 g/mol. The first-order valence-corrected chi connectivity index (χ1v) is 11.5. The van der Waals surface area contributed by atoms with Crippen molar-refractivity contribution in [1.29, 1.82) is 0 Å². The van der Waals surface area contributed by atoms with E-state index in [-0.39, 0.29) is 32.7 Å². The Morgan fingerprint density at radius 1 is 1.06 bits per heavy atom. The Kier molecular flexibility index (Phi) is 6.08. The van der Waals surface area contributed by atoms with Crippen LogP contribution in [0, 0.1) is 0 Å². The SMILES string of the molecule is COc1ccccc1NS(=O)(=O)c1ccc(Cl)c(N=Cc2c(O)[nH]c(=O)c3ccccc23)c1. The molecule has 3 aromatic carbocycles. The van der Waals surface area contributed by atoms with E-state index in [9.17, 15) is 18.3 Å². The van der Waals surface area contributed by atoms with Crippen molar-refractivity contribution in [2.75, 3.05) is 11.8 Å². The number of H-pyrrole nitrogens is 1. The van der Waals surface area contributed by atoms with Crippen molar-refractivity contribution in [3.8, 4) is 11.6 Å². The zero-order valence-corrected chi connectivity index (χ0v) is 18.8. The molecule has 1 heterocycles. The molecule has 0 aliphatic heterocycles. The number of methoxy groups -OCH3 is 1. The van der Waals surface area contributed by atoms with Gasteiger partial charge in [-0.25, -0.2) is 8.42 Å². The van der Waals surface area contributed by atoms with Gasteiger partial charge in [0, 0.05) is 17.0 Å². The standard InChI is InChI=1S/C23H18ClN3O5S/c1-32-21-9-5-4-8-19(21)27-33(30,31)14-10-11-18(24)20(12-14)25-13-17-15-6-2-3-7-16(15)22(28)26-23(17)29/h2-13,27H,1H3,(H2,26,28,29). The van der Waals surface area contributed by atoms with E-state index in [1.807, 2.05) is 0 Å². The summed E-state index contributed by atoms with van der Waals surface area (Å²) < 4.78 is 33.5. The fourth-order valence-corrected chi connectivity index (χ4v) is 4.50. The zero-order chi connectivity index (χ0) is 23.6. The summed E-state index contributed by atoms with van der Waals surface area (Å²) in [5.41, 5.74) is 0.273. The van der Waals surface area contributed by atoms with E-state index in [1.54, 1.807) is 48.5 Å². The Hall–Kier alpha value is -3.82. The van der Waals surface area contributed by atoms with Gasteiger partial charge in [-0.3, -0.25) is 19.5 Å². The van der Waals surface area contributed by atoms with Gasteiger partial charge in [-0.1, -0.05) is 41.9 Å². The van der Waals surface area contributed by atoms with E-state index in [4.69, 9.17) is 16.3 Å². The molecular formula is C23H18ClN3O5S. The van der Waals surface area contributed by atoms with Gasteiger partial charge in [0.2, 0.25) is 5.88 Å². The number of para-hydroxylation sites is 2. The minimum atomic E-state index is -3.98. The van der Waals surface area contributed by atoms with Crippen LogP contribution in [0.25, 0.3) is 10.8 Å². The average molecular weight is 484 g/mol. The van der Waals surface area contributed by atoms with Gasteiger partial charge in [-0.15, -0.1) is 0 Å². The Morgan fingerprint density at radius 2 is 1.76 bits per heavy atom. The quantitative estimate of drug-likeness (QED) is 0.350. The third-order valence-electron chi connectivity index (χ3n) is 4.86. The topological polar surface area (TPSA) is 121 Å². The number of halogens is 1. The lowest BCUT2D eigenvalue weighted by molar-refractivity contribution is 0.417. The summed E-state index contributed by atoms with van der Waals surface area (Å²) in [6.07, 6.45) is 1.32. The highest BCUT2D eigenvalue weighted by atomic mass is 35.5. The van der Waals surface area contributed by atoms with Gasteiger partial charge in [0.15, 0.2) is 0 Å². The van der Waals surface area contributed by atoms with Crippen molar-refractivity contribution in [3.05, 3.63) is 87.7 Å². The molecule has 0 amide bonds. The van der Waals surface area contributed by atoms with Crippen molar-refractivity contribution in [1.82, 2.24) is 4.98 Å². The number of anilines is 1. The molecule has 0 fully saturated rings. The number of nitrogens with one attached hydrogen (secondary N) is 2. The Bertz CT molecular complexity index is 1550. The minimum Gasteiger partial charge on any atom is -0.495 e. The van der Waals surface area contributed by atoms with Gasteiger partial charge >= 0.3 is 0 Å². The van der Waals surface area contributed by atoms with E-state index in [0.717, 1.165) is 0 Å². The third kappa shape index (κ3) is 4.55. The molecule has 0 bridgehead atoms. The maximum absolute atomic E-state index is 12.9. The van der Waals surface area contributed by atoms with Crippen LogP contribution >= 0.6 is 11.6 Å². The number of benzene rings is 3. The van der Waals surface area contributed by atoms with E-state index in [2.05, 4.69) is 14.7 Å². The highest BCUT2D eigenvalue weighted by molar-refractivity contribution is 7.92. The van der Waals surface area contributed by atoms with Crippen LogP contribution in [-0.4, -0.2) is 31.8 Å². The van der Waals surface area contributed by atoms with E-state index in [0.29, 0.717) is 16.5 Å². The predicted octanol–water partition coefficient (Wildman–Crippen LogP) is 4.45. The van der Waals surface area contributed by atoms with Crippen LogP contribution in [0.3, 0.4) is 0 Å². The highest BCUT2D eigenvalue weighted by Gasteiger charge is 2.18. The third-order valence-corrected chi connectivity index (χ3v) is 6.54. The monoisotopic (exact) mass is 483 g/mol. The molecule has 0 atom stereocenters. The average Bonchev–Trinajstić information content (AvgIpc) is 2.80. The molecule has 0 saturated carbocycles. The molecule has 0 radical (unpaired) electrons. The summed E-state index contributed by atoms with van der Waals surface area (Å²) in [7, 11) is -2.53. The maximum atomic E-state index is 12.9. The molecule has 0 spiro atoms. The molecule has 0 aliphatic rings. The van der Waals surface area contributed by atoms with Crippen molar-refractivity contribution in [2.24, 2.45) is 4.99 Å². The molecule has 10 heteroatoms. The second-order valence-electron chi connectivity index (χ2n) is 6.94. The summed E-state index contributed by atoms with van der Waals surface area (Å²) in [6.45, 7) is 0. The summed E-state index contributed by atoms with van der Waals surface area (Å²) in [5.74, 6) is 0.00824. The first-order chi connectivity index (χ1) is 15.8. The number of hydrogen-bond donors (Lipinski definition) is 3. The van der Waals surface area contributed by atoms with Gasteiger partial charge in [-0.05, 0) is 36.4 Å². The number of ether oxygens (including phenoxy) is 1. The molecule has 0 unspecified atom stereocenters. The number of pyridine rings is 1. The van der Waals surface area contributed by atoms with E-state index < -0.39 is 15.6 Å². The number of fused-ring (bicyclic) bond motifs is 1. The molecule has 168 valence electrons. The lowest BCUT2D eigenvalue weighted by atomic mass is 10.1. The summed E-state index contributed by atoms with van der Waals surface area (Å²) in [4.78, 5) is 18.6. The highest BCUT2D eigenvalue weighted by Crippen LogP contribution is 2.31. The molecule has 4 rings (SSSR count). The van der Waals surface area contributed by atoms with Crippen LogP contribution in [0.1, 0.15) is 5.56 Å². The molecule has 1 aromatic heterocycles. The predicted molar refractivity (Wildman–Crippen MR) is 129 cm³/mol. The largest absolute Gasteiger partial charge is 0.495 e. The van der Waals surface area contributed by atoms with Crippen molar-refractivity contribution in [2.45, 2.75) is 4.90 Å². The number of sulfonamides is 1.